The minimum atomic E-state index is -0.242. The van der Waals surface area contributed by atoms with E-state index in [1.54, 1.807) is 12.3 Å². The molecular weight excluding hydrogens is 285 g/mol. The van der Waals surface area contributed by atoms with Crippen molar-refractivity contribution in [1.29, 1.82) is 0 Å². The maximum atomic E-state index is 13.3. The SMILES string of the molecule is CNC(c1cc(F)ccc1C)c1occc1Br. The van der Waals surface area contributed by atoms with Crippen LogP contribution in [0.2, 0.25) is 0 Å². The number of halogens is 2. The summed E-state index contributed by atoms with van der Waals surface area (Å²) >= 11 is 3.42. The first-order valence-electron chi connectivity index (χ1n) is 5.29. The highest BCUT2D eigenvalue weighted by molar-refractivity contribution is 9.10. The first-order chi connectivity index (χ1) is 8.13. The van der Waals surface area contributed by atoms with E-state index in [1.807, 2.05) is 20.0 Å². The lowest BCUT2D eigenvalue weighted by atomic mass is 9.99. The molecule has 0 bridgehead atoms. The molecule has 4 heteroatoms. The highest BCUT2D eigenvalue weighted by atomic mass is 79.9. The Hall–Kier alpha value is -1.13. The van der Waals surface area contributed by atoms with Gasteiger partial charge in [0, 0.05) is 0 Å². The normalized spacial score (nSPS) is 12.7. The molecule has 0 saturated carbocycles. The minimum absolute atomic E-state index is 0.157. The Balaban J connectivity index is 2.49. The van der Waals surface area contributed by atoms with Crippen molar-refractivity contribution in [2.45, 2.75) is 13.0 Å². The van der Waals surface area contributed by atoms with Crippen LogP contribution < -0.4 is 5.32 Å². The van der Waals surface area contributed by atoms with Crippen LogP contribution >= 0.6 is 15.9 Å². The van der Waals surface area contributed by atoms with Gasteiger partial charge >= 0.3 is 0 Å². The van der Waals surface area contributed by atoms with Gasteiger partial charge in [-0.2, -0.15) is 0 Å². The fourth-order valence-electron chi connectivity index (χ4n) is 1.86. The van der Waals surface area contributed by atoms with Gasteiger partial charge in [0.15, 0.2) is 0 Å². The average Bonchev–Trinajstić information content (AvgIpc) is 2.71. The number of hydrogen-bond acceptors (Lipinski definition) is 2. The second kappa shape index (κ2) is 5.02. The van der Waals surface area contributed by atoms with Crippen molar-refractivity contribution in [3.05, 3.63) is 57.7 Å². The molecule has 0 aliphatic carbocycles. The lowest BCUT2D eigenvalue weighted by molar-refractivity contribution is 0.459. The van der Waals surface area contributed by atoms with Gasteiger partial charge < -0.3 is 9.73 Å². The molecule has 0 amide bonds. The Kier molecular flexibility index (Phi) is 3.64. The van der Waals surface area contributed by atoms with Gasteiger partial charge in [0.05, 0.1) is 16.8 Å². The number of benzene rings is 1. The molecule has 1 N–H and O–H groups in total. The average molecular weight is 298 g/mol. The highest BCUT2D eigenvalue weighted by Crippen LogP contribution is 2.31. The first-order valence-corrected chi connectivity index (χ1v) is 6.09. The summed E-state index contributed by atoms with van der Waals surface area (Å²) in [4.78, 5) is 0. The van der Waals surface area contributed by atoms with Crippen LogP contribution in [-0.4, -0.2) is 7.05 Å². The molecule has 2 rings (SSSR count). The van der Waals surface area contributed by atoms with Crippen molar-refractivity contribution in [2.75, 3.05) is 7.05 Å². The van der Waals surface area contributed by atoms with Gasteiger partial charge in [0.25, 0.3) is 0 Å². The van der Waals surface area contributed by atoms with Crippen LogP contribution in [0.5, 0.6) is 0 Å². The zero-order chi connectivity index (χ0) is 12.4. The van der Waals surface area contributed by atoms with Crippen molar-refractivity contribution in [3.63, 3.8) is 0 Å². The largest absolute Gasteiger partial charge is 0.466 e. The lowest BCUT2D eigenvalue weighted by Crippen LogP contribution is -2.18. The molecule has 1 unspecified atom stereocenters. The third-order valence-electron chi connectivity index (χ3n) is 2.75. The van der Waals surface area contributed by atoms with Gasteiger partial charge in [-0.05, 0) is 59.2 Å². The predicted molar refractivity (Wildman–Crippen MR) is 68.4 cm³/mol. The molecule has 2 aromatic rings. The van der Waals surface area contributed by atoms with Crippen LogP contribution in [0.25, 0.3) is 0 Å². The molecule has 2 nitrogen and oxygen atoms in total. The standard InChI is InChI=1S/C13H13BrFNO/c1-8-3-4-9(15)7-10(8)12(16-2)13-11(14)5-6-17-13/h3-7,12,16H,1-2H3. The molecule has 1 atom stereocenters. The van der Waals surface area contributed by atoms with Gasteiger partial charge in [0.2, 0.25) is 0 Å². The Morgan fingerprint density at radius 1 is 1.35 bits per heavy atom. The fraction of sp³-hybridized carbons (Fsp3) is 0.231. The molecule has 0 radical (unpaired) electrons. The van der Waals surface area contributed by atoms with E-state index in [-0.39, 0.29) is 11.9 Å². The zero-order valence-corrected chi connectivity index (χ0v) is 11.2. The number of rotatable bonds is 3. The van der Waals surface area contributed by atoms with Gasteiger partial charge in [0.1, 0.15) is 11.6 Å². The van der Waals surface area contributed by atoms with Crippen LogP contribution in [0, 0.1) is 12.7 Å². The van der Waals surface area contributed by atoms with Crippen molar-refractivity contribution in [1.82, 2.24) is 5.32 Å². The third-order valence-corrected chi connectivity index (χ3v) is 3.40. The summed E-state index contributed by atoms with van der Waals surface area (Å²) in [5, 5.41) is 3.14. The smallest absolute Gasteiger partial charge is 0.139 e. The molecule has 0 aliphatic rings. The van der Waals surface area contributed by atoms with Crippen LogP contribution in [0.3, 0.4) is 0 Å². The Bertz CT molecular complexity index is 524. The van der Waals surface area contributed by atoms with E-state index in [0.29, 0.717) is 0 Å². The predicted octanol–water partition coefficient (Wildman–Crippen LogP) is 3.80. The van der Waals surface area contributed by atoms with Crippen molar-refractivity contribution >= 4 is 15.9 Å². The Morgan fingerprint density at radius 2 is 2.12 bits per heavy atom. The summed E-state index contributed by atoms with van der Waals surface area (Å²) in [5.74, 6) is 0.509. The molecule has 0 spiro atoms. The van der Waals surface area contributed by atoms with Crippen LogP contribution in [0.1, 0.15) is 22.9 Å². The van der Waals surface area contributed by atoms with Crippen LogP contribution in [-0.2, 0) is 0 Å². The van der Waals surface area contributed by atoms with Gasteiger partial charge in [-0.25, -0.2) is 4.39 Å². The Labute approximate surface area is 108 Å². The maximum absolute atomic E-state index is 13.3. The molecule has 0 fully saturated rings. The van der Waals surface area contributed by atoms with E-state index in [1.165, 1.54) is 12.1 Å². The molecule has 0 saturated heterocycles. The molecule has 1 aromatic carbocycles. The van der Waals surface area contributed by atoms with E-state index in [2.05, 4.69) is 21.2 Å². The van der Waals surface area contributed by atoms with Crippen LogP contribution in [0.15, 0.2) is 39.4 Å². The molecule has 90 valence electrons. The van der Waals surface area contributed by atoms with Gasteiger partial charge in [-0.3, -0.25) is 0 Å². The Morgan fingerprint density at radius 3 is 2.71 bits per heavy atom. The zero-order valence-electron chi connectivity index (χ0n) is 9.63. The number of nitrogens with one attached hydrogen (secondary N) is 1. The molecular formula is C13H13BrFNO. The minimum Gasteiger partial charge on any atom is -0.466 e. The van der Waals surface area contributed by atoms with E-state index in [9.17, 15) is 4.39 Å². The topological polar surface area (TPSA) is 25.2 Å². The summed E-state index contributed by atoms with van der Waals surface area (Å²) in [6.07, 6.45) is 1.61. The van der Waals surface area contributed by atoms with Crippen LogP contribution in [0.4, 0.5) is 4.39 Å². The van der Waals surface area contributed by atoms with E-state index >= 15 is 0 Å². The summed E-state index contributed by atoms with van der Waals surface area (Å²) in [6, 6.07) is 6.43. The van der Waals surface area contributed by atoms with E-state index in [4.69, 9.17) is 4.42 Å². The van der Waals surface area contributed by atoms with Crippen molar-refractivity contribution in [3.8, 4) is 0 Å². The second-order valence-electron chi connectivity index (χ2n) is 3.86. The summed E-state index contributed by atoms with van der Waals surface area (Å²) < 4.78 is 19.6. The monoisotopic (exact) mass is 297 g/mol. The summed E-state index contributed by atoms with van der Waals surface area (Å²) in [7, 11) is 1.82. The lowest BCUT2D eigenvalue weighted by Gasteiger charge is -2.17. The quantitative estimate of drug-likeness (QED) is 0.932. The van der Waals surface area contributed by atoms with Gasteiger partial charge in [-0.1, -0.05) is 6.07 Å². The molecule has 1 heterocycles. The highest BCUT2D eigenvalue weighted by Gasteiger charge is 2.20. The number of hydrogen-bond donors (Lipinski definition) is 1. The summed E-state index contributed by atoms with van der Waals surface area (Å²) in [6.45, 7) is 1.95. The molecule has 1 aromatic heterocycles. The number of furan rings is 1. The molecule has 17 heavy (non-hydrogen) atoms. The van der Waals surface area contributed by atoms with E-state index in [0.717, 1.165) is 21.4 Å². The van der Waals surface area contributed by atoms with E-state index < -0.39 is 0 Å². The second-order valence-corrected chi connectivity index (χ2v) is 4.71. The fourth-order valence-corrected chi connectivity index (χ4v) is 2.29. The third kappa shape index (κ3) is 2.42. The summed E-state index contributed by atoms with van der Waals surface area (Å²) in [5.41, 5.74) is 1.90. The van der Waals surface area contributed by atoms with Gasteiger partial charge in [-0.15, -0.1) is 0 Å². The molecule has 0 aliphatic heterocycles. The van der Waals surface area contributed by atoms with Crippen molar-refractivity contribution < 1.29 is 8.81 Å². The maximum Gasteiger partial charge on any atom is 0.139 e. The van der Waals surface area contributed by atoms with Crippen molar-refractivity contribution in [2.24, 2.45) is 0 Å². The first kappa shape index (κ1) is 12.3. The number of aryl methyl sites for hydroxylation is 1.